The summed E-state index contributed by atoms with van der Waals surface area (Å²) in [5.74, 6) is -0.358. The maximum absolute atomic E-state index is 12.6. The first-order chi connectivity index (χ1) is 12.0. The van der Waals surface area contributed by atoms with E-state index >= 15 is 0 Å². The van der Waals surface area contributed by atoms with Crippen LogP contribution in [0.15, 0.2) is 54.2 Å². The van der Waals surface area contributed by atoms with Crippen molar-refractivity contribution in [3.8, 4) is 0 Å². The van der Waals surface area contributed by atoms with Crippen molar-refractivity contribution >= 4 is 46.6 Å². The van der Waals surface area contributed by atoms with Crippen LogP contribution in [-0.4, -0.2) is 20.8 Å². The Hall–Kier alpha value is -2.77. The molecule has 1 saturated heterocycles. The van der Waals surface area contributed by atoms with E-state index in [0.717, 1.165) is 5.56 Å². The number of hydrogen-bond acceptors (Lipinski definition) is 4. The molecular weight excluding hydrogens is 362 g/mol. The van der Waals surface area contributed by atoms with E-state index in [4.69, 9.17) is 23.8 Å². The number of carbonyl (C=O) groups excluding carboxylic acids is 1. The van der Waals surface area contributed by atoms with Gasteiger partial charge >= 0.3 is 0 Å². The Bertz CT molecular complexity index is 914. The molecule has 6 nitrogen and oxygen atoms in total. The number of nitro benzene ring substituents is 1. The Kier molecular flexibility index (Phi) is 4.78. The van der Waals surface area contributed by atoms with Crippen LogP contribution >= 0.6 is 23.8 Å². The average Bonchev–Trinajstić information content (AvgIpc) is 2.84. The molecule has 0 bridgehead atoms. The zero-order valence-electron chi connectivity index (χ0n) is 12.8. The normalized spacial score (nSPS) is 15.6. The monoisotopic (exact) mass is 373 g/mol. The molecule has 1 heterocycles. The van der Waals surface area contributed by atoms with Gasteiger partial charge in [-0.25, -0.2) is 0 Å². The highest BCUT2D eigenvalue weighted by molar-refractivity contribution is 7.80. The van der Waals surface area contributed by atoms with Crippen LogP contribution in [0.1, 0.15) is 11.1 Å². The molecule has 2 aromatic rings. The fourth-order valence-electron chi connectivity index (χ4n) is 2.44. The first-order valence-electron chi connectivity index (χ1n) is 7.29. The van der Waals surface area contributed by atoms with Crippen LogP contribution in [0.5, 0.6) is 0 Å². The Morgan fingerprint density at radius 1 is 1.20 bits per heavy atom. The highest BCUT2D eigenvalue weighted by atomic mass is 35.5. The summed E-state index contributed by atoms with van der Waals surface area (Å²) < 4.78 is 0. The predicted molar refractivity (Wildman–Crippen MR) is 98.8 cm³/mol. The van der Waals surface area contributed by atoms with Crippen molar-refractivity contribution in [2.45, 2.75) is 6.54 Å². The molecule has 8 heteroatoms. The number of amides is 1. The summed E-state index contributed by atoms with van der Waals surface area (Å²) in [4.78, 5) is 24.6. The van der Waals surface area contributed by atoms with Gasteiger partial charge in [0.1, 0.15) is 5.70 Å². The van der Waals surface area contributed by atoms with Crippen LogP contribution in [0.25, 0.3) is 6.08 Å². The second kappa shape index (κ2) is 7.00. The second-order valence-corrected chi connectivity index (χ2v) is 6.08. The van der Waals surface area contributed by atoms with E-state index in [2.05, 4.69) is 5.32 Å². The van der Waals surface area contributed by atoms with Crippen LogP contribution < -0.4 is 5.32 Å². The summed E-state index contributed by atoms with van der Waals surface area (Å²) in [6.07, 6.45) is 1.43. The van der Waals surface area contributed by atoms with Crippen LogP contribution in [0.4, 0.5) is 5.69 Å². The van der Waals surface area contributed by atoms with E-state index in [9.17, 15) is 14.9 Å². The van der Waals surface area contributed by atoms with Gasteiger partial charge in [0.05, 0.1) is 17.0 Å². The van der Waals surface area contributed by atoms with Gasteiger partial charge in [0, 0.05) is 11.1 Å². The maximum Gasteiger partial charge on any atom is 0.276 e. The lowest BCUT2D eigenvalue weighted by Crippen LogP contribution is -2.30. The maximum atomic E-state index is 12.6. The third-order valence-electron chi connectivity index (χ3n) is 3.68. The van der Waals surface area contributed by atoms with E-state index in [1.54, 1.807) is 30.3 Å². The van der Waals surface area contributed by atoms with Crippen LogP contribution in [0, 0.1) is 10.1 Å². The van der Waals surface area contributed by atoms with Crippen molar-refractivity contribution in [3.63, 3.8) is 0 Å². The molecule has 0 atom stereocenters. The number of halogens is 1. The summed E-state index contributed by atoms with van der Waals surface area (Å²) in [7, 11) is 0. The number of carbonyl (C=O) groups is 1. The topological polar surface area (TPSA) is 75.5 Å². The Balaban J connectivity index is 1.89. The van der Waals surface area contributed by atoms with E-state index in [1.165, 1.54) is 17.0 Å². The zero-order chi connectivity index (χ0) is 18.0. The van der Waals surface area contributed by atoms with Crippen molar-refractivity contribution in [3.05, 3.63) is 80.5 Å². The SMILES string of the molecule is O=C1/C(=C/c2ccccc2[N+](=O)[O-])NC(=S)N1Cc1ccccc1Cl. The van der Waals surface area contributed by atoms with Crippen LogP contribution in [0.3, 0.4) is 0 Å². The van der Waals surface area contributed by atoms with Crippen molar-refractivity contribution < 1.29 is 9.72 Å². The third kappa shape index (κ3) is 3.52. The van der Waals surface area contributed by atoms with Crippen LogP contribution in [-0.2, 0) is 11.3 Å². The molecule has 0 aliphatic carbocycles. The average molecular weight is 374 g/mol. The van der Waals surface area contributed by atoms with Crippen molar-refractivity contribution in [2.24, 2.45) is 0 Å². The number of rotatable bonds is 4. The second-order valence-electron chi connectivity index (χ2n) is 5.29. The first kappa shape index (κ1) is 17.1. The molecule has 0 spiro atoms. The number of nitro groups is 1. The Labute approximate surface area is 153 Å². The molecule has 0 unspecified atom stereocenters. The van der Waals surface area contributed by atoms with Crippen molar-refractivity contribution in [1.29, 1.82) is 0 Å². The minimum atomic E-state index is -0.494. The molecule has 3 rings (SSSR count). The summed E-state index contributed by atoms with van der Waals surface area (Å²) >= 11 is 11.3. The number of nitrogens with zero attached hydrogens (tertiary/aromatic N) is 2. The van der Waals surface area contributed by atoms with Crippen LogP contribution in [0.2, 0.25) is 5.02 Å². The lowest BCUT2D eigenvalue weighted by atomic mass is 10.1. The van der Waals surface area contributed by atoms with Gasteiger partial charge in [-0.15, -0.1) is 0 Å². The fraction of sp³-hybridized carbons (Fsp3) is 0.0588. The van der Waals surface area contributed by atoms with Crippen molar-refractivity contribution in [2.75, 3.05) is 0 Å². The first-order valence-corrected chi connectivity index (χ1v) is 8.07. The number of thiocarbonyl (C=S) groups is 1. The molecule has 0 saturated carbocycles. The zero-order valence-corrected chi connectivity index (χ0v) is 14.4. The molecule has 126 valence electrons. The smallest absolute Gasteiger partial charge is 0.276 e. The van der Waals surface area contributed by atoms with Gasteiger partial charge in [0.2, 0.25) is 0 Å². The standard InChI is InChI=1S/C17H12ClN3O3S/c18-13-7-3-1-6-12(13)10-20-16(22)14(19-17(20)25)9-11-5-2-4-8-15(11)21(23)24/h1-9H,10H2,(H,19,25)/b14-9-. The molecule has 1 aliphatic heterocycles. The number of benzene rings is 2. The van der Waals surface area contributed by atoms with E-state index in [-0.39, 0.29) is 28.9 Å². The van der Waals surface area contributed by atoms with E-state index in [0.29, 0.717) is 10.6 Å². The quantitative estimate of drug-likeness (QED) is 0.384. The number of nitrogens with one attached hydrogen (secondary N) is 1. The van der Waals surface area contributed by atoms with Gasteiger partial charge in [-0.05, 0) is 36.0 Å². The lowest BCUT2D eigenvalue weighted by Gasteiger charge is -2.14. The summed E-state index contributed by atoms with van der Waals surface area (Å²) in [6.45, 7) is 0.221. The number of hydrogen-bond donors (Lipinski definition) is 1. The molecule has 1 N–H and O–H groups in total. The number of para-hydroxylation sites is 1. The van der Waals surface area contributed by atoms with Crippen molar-refractivity contribution in [1.82, 2.24) is 10.2 Å². The third-order valence-corrected chi connectivity index (χ3v) is 4.37. The largest absolute Gasteiger partial charge is 0.328 e. The van der Waals surface area contributed by atoms with E-state index < -0.39 is 4.92 Å². The fourth-order valence-corrected chi connectivity index (χ4v) is 2.90. The summed E-state index contributed by atoms with van der Waals surface area (Å²) in [6, 6.07) is 13.3. The minimum absolute atomic E-state index is 0.0833. The van der Waals surface area contributed by atoms with Gasteiger partial charge in [0.25, 0.3) is 11.6 Å². The molecule has 0 aromatic heterocycles. The van der Waals surface area contributed by atoms with Gasteiger partial charge in [-0.1, -0.05) is 41.9 Å². The molecular formula is C17H12ClN3O3S. The molecule has 1 fully saturated rings. The molecule has 25 heavy (non-hydrogen) atoms. The highest BCUT2D eigenvalue weighted by Crippen LogP contribution is 2.24. The Morgan fingerprint density at radius 3 is 2.60 bits per heavy atom. The lowest BCUT2D eigenvalue weighted by molar-refractivity contribution is -0.385. The molecule has 1 amide bonds. The summed E-state index contributed by atoms with van der Waals surface area (Å²) in [5.41, 5.74) is 1.19. The summed E-state index contributed by atoms with van der Waals surface area (Å²) in [5, 5.41) is 14.7. The highest BCUT2D eigenvalue weighted by Gasteiger charge is 2.31. The van der Waals surface area contributed by atoms with Gasteiger partial charge < -0.3 is 5.32 Å². The van der Waals surface area contributed by atoms with Gasteiger partial charge in [-0.3, -0.25) is 19.8 Å². The molecule has 2 aromatic carbocycles. The van der Waals surface area contributed by atoms with E-state index in [1.807, 2.05) is 12.1 Å². The molecule has 0 radical (unpaired) electrons. The Morgan fingerprint density at radius 2 is 1.88 bits per heavy atom. The molecule has 1 aliphatic rings. The minimum Gasteiger partial charge on any atom is -0.328 e. The predicted octanol–water partition coefficient (Wildman–Crippen LogP) is 3.51. The van der Waals surface area contributed by atoms with Gasteiger partial charge in [-0.2, -0.15) is 0 Å². The van der Waals surface area contributed by atoms with Gasteiger partial charge in [0.15, 0.2) is 5.11 Å².